The van der Waals surface area contributed by atoms with Crippen LogP contribution in [0.4, 0.5) is 10.8 Å². The summed E-state index contributed by atoms with van der Waals surface area (Å²) in [6.45, 7) is 1.80. The molecule has 1 aromatic heterocycles. The highest BCUT2D eigenvalue weighted by atomic mass is 32.2. The fourth-order valence-electron chi connectivity index (χ4n) is 2.89. The van der Waals surface area contributed by atoms with Crippen LogP contribution in [0.2, 0.25) is 0 Å². The maximum Gasteiger partial charge on any atom is 0.284 e. The van der Waals surface area contributed by atoms with E-state index in [-0.39, 0.29) is 12.2 Å². The van der Waals surface area contributed by atoms with Crippen LogP contribution in [0.3, 0.4) is 0 Å². The fraction of sp³-hybridized carbons (Fsp3) is 0.190. The van der Waals surface area contributed by atoms with Crippen LogP contribution < -0.4 is 9.62 Å². The number of rotatable bonds is 7. The number of nitrogens with one attached hydrogen (secondary N) is 1. The van der Waals surface area contributed by atoms with E-state index in [0.717, 1.165) is 6.26 Å². The van der Waals surface area contributed by atoms with Crippen molar-refractivity contribution in [2.24, 2.45) is 0 Å². The zero-order chi connectivity index (χ0) is 22.6. The van der Waals surface area contributed by atoms with Gasteiger partial charge in [-0.05, 0) is 36.8 Å². The van der Waals surface area contributed by atoms with Crippen LogP contribution in [0.15, 0.2) is 54.6 Å². The quantitative estimate of drug-likeness (QED) is 0.560. The molecule has 8 nitrogen and oxygen atoms in total. The van der Waals surface area contributed by atoms with Crippen LogP contribution in [0.25, 0.3) is 0 Å². The molecule has 1 atom stereocenters. The van der Waals surface area contributed by atoms with Crippen molar-refractivity contribution in [3.8, 4) is 6.07 Å². The zero-order valence-electron chi connectivity index (χ0n) is 16.8. The average Bonchev–Trinajstić information content (AvgIpc) is 3.13. The Kier molecular flexibility index (Phi) is 6.70. The monoisotopic (exact) mass is 456 g/mol. The van der Waals surface area contributed by atoms with Gasteiger partial charge in [-0.1, -0.05) is 30.3 Å². The molecule has 0 radical (unpaired) electrons. The Morgan fingerprint density at radius 3 is 2.45 bits per heavy atom. The summed E-state index contributed by atoms with van der Waals surface area (Å²) < 4.78 is 24.8. The Bertz CT molecular complexity index is 1220. The Morgan fingerprint density at radius 1 is 1.23 bits per heavy atom. The minimum atomic E-state index is -3.73. The lowest BCUT2D eigenvalue weighted by atomic mass is 10.1. The van der Waals surface area contributed by atoms with E-state index in [0.29, 0.717) is 26.8 Å². The summed E-state index contributed by atoms with van der Waals surface area (Å²) in [6.07, 6.45) is 0.0432. The third-order valence-electron chi connectivity index (χ3n) is 4.36. The van der Waals surface area contributed by atoms with Gasteiger partial charge in [0.1, 0.15) is 5.69 Å². The van der Waals surface area contributed by atoms with Gasteiger partial charge in [-0.2, -0.15) is 5.26 Å². The van der Waals surface area contributed by atoms with Gasteiger partial charge < -0.3 is 10.0 Å². The molecule has 10 heteroatoms. The molecule has 0 aliphatic carbocycles. The number of sulfonamides is 1. The number of aliphatic hydroxyl groups excluding tert-OH is 1. The van der Waals surface area contributed by atoms with E-state index < -0.39 is 22.0 Å². The molecule has 2 aromatic carbocycles. The maximum atomic E-state index is 12.3. The summed E-state index contributed by atoms with van der Waals surface area (Å²) in [7, 11) is -3.73. The van der Waals surface area contributed by atoms with Crippen LogP contribution in [0.1, 0.15) is 32.6 Å². The van der Waals surface area contributed by atoms with Crippen molar-refractivity contribution < 1.29 is 18.3 Å². The van der Waals surface area contributed by atoms with E-state index in [1.807, 2.05) is 22.9 Å². The third kappa shape index (κ3) is 5.67. The molecule has 0 saturated carbocycles. The second kappa shape index (κ2) is 9.26. The standard InChI is InChI=1S/C21H20N4O4S2/c1-14-19(20(27)24-31(2,28)29)23-21(30-14)25(17-10-8-15(12-22)9-11-17)13-18(26)16-6-4-3-5-7-16/h3-11,18,26H,13H2,1-2H3,(H,24,27). The van der Waals surface area contributed by atoms with Crippen molar-refractivity contribution in [2.75, 3.05) is 17.7 Å². The summed E-state index contributed by atoms with van der Waals surface area (Å²) in [5.41, 5.74) is 1.86. The first-order chi connectivity index (χ1) is 14.7. The molecule has 31 heavy (non-hydrogen) atoms. The number of anilines is 2. The lowest BCUT2D eigenvalue weighted by molar-refractivity contribution is 0.0977. The van der Waals surface area contributed by atoms with Gasteiger partial charge in [0.05, 0.1) is 30.5 Å². The Morgan fingerprint density at radius 2 is 1.87 bits per heavy atom. The van der Waals surface area contributed by atoms with Crippen LogP contribution in [0.5, 0.6) is 0 Å². The highest BCUT2D eigenvalue weighted by Gasteiger charge is 2.24. The Hall–Kier alpha value is -3.26. The summed E-state index contributed by atoms with van der Waals surface area (Å²) in [4.78, 5) is 18.9. The average molecular weight is 457 g/mol. The summed E-state index contributed by atoms with van der Waals surface area (Å²) in [5.74, 6) is -0.814. The molecular weight excluding hydrogens is 436 g/mol. The number of aliphatic hydroxyl groups is 1. The summed E-state index contributed by atoms with van der Waals surface area (Å²) in [5, 5.41) is 20.3. The van der Waals surface area contributed by atoms with Crippen molar-refractivity contribution >= 4 is 38.1 Å². The lowest BCUT2D eigenvalue weighted by Gasteiger charge is -2.25. The third-order valence-corrected chi connectivity index (χ3v) is 5.91. The first-order valence-electron chi connectivity index (χ1n) is 9.18. The second-order valence-corrected chi connectivity index (χ2v) is 9.73. The molecule has 1 heterocycles. The number of amides is 1. The number of aryl methyl sites for hydroxylation is 1. The number of thiazole rings is 1. The predicted octanol–water partition coefficient (Wildman–Crippen LogP) is 2.88. The van der Waals surface area contributed by atoms with Crippen LogP contribution >= 0.6 is 11.3 Å². The number of benzene rings is 2. The number of aromatic nitrogens is 1. The van der Waals surface area contributed by atoms with E-state index in [2.05, 4.69) is 11.1 Å². The Labute approximate surface area is 184 Å². The van der Waals surface area contributed by atoms with Crippen molar-refractivity contribution in [1.82, 2.24) is 9.71 Å². The van der Waals surface area contributed by atoms with Crippen LogP contribution in [-0.4, -0.2) is 37.2 Å². The summed E-state index contributed by atoms with van der Waals surface area (Å²) >= 11 is 1.20. The zero-order valence-corrected chi connectivity index (χ0v) is 18.4. The molecule has 0 saturated heterocycles. The number of hydrogen-bond donors (Lipinski definition) is 2. The SMILES string of the molecule is Cc1sc(N(CC(O)c2ccccc2)c2ccc(C#N)cc2)nc1C(=O)NS(C)(=O)=O. The van der Waals surface area contributed by atoms with Gasteiger partial charge in [0.15, 0.2) is 5.13 Å². The summed E-state index contributed by atoms with van der Waals surface area (Å²) in [6, 6.07) is 17.9. The van der Waals surface area contributed by atoms with Crippen molar-refractivity contribution in [3.05, 3.63) is 76.3 Å². The highest BCUT2D eigenvalue weighted by Crippen LogP contribution is 2.33. The smallest absolute Gasteiger partial charge is 0.284 e. The molecule has 3 aromatic rings. The van der Waals surface area contributed by atoms with Crippen LogP contribution in [0, 0.1) is 18.3 Å². The Balaban J connectivity index is 1.99. The van der Waals surface area contributed by atoms with E-state index in [1.54, 1.807) is 48.2 Å². The molecule has 1 amide bonds. The fourth-order valence-corrected chi connectivity index (χ4v) is 4.26. The topological polar surface area (TPSA) is 123 Å². The van der Waals surface area contributed by atoms with E-state index >= 15 is 0 Å². The molecule has 0 bridgehead atoms. The van der Waals surface area contributed by atoms with E-state index in [4.69, 9.17) is 5.26 Å². The molecule has 0 aliphatic rings. The van der Waals surface area contributed by atoms with Gasteiger partial charge in [0.25, 0.3) is 5.91 Å². The number of carbonyl (C=O) groups excluding carboxylic acids is 1. The first-order valence-corrected chi connectivity index (χ1v) is 11.9. The molecule has 2 N–H and O–H groups in total. The minimum absolute atomic E-state index is 0.00160. The maximum absolute atomic E-state index is 12.3. The first kappa shape index (κ1) is 22.4. The molecule has 160 valence electrons. The second-order valence-electron chi connectivity index (χ2n) is 6.80. The van der Waals surface area contributed by atoms with Gasteiger partial charge in [0, 0.05) is 10.6 Å². The molecule has 0 aliphatic heterocycles. The molecule has 3 rings (SSSR count). The lowest BCUT2D eigenvalue weighted by Crippen LogP contribution is -2.30. The number of nitrogens with zero attached hydrogens (tertiary/aromatic N) is 3. The largest absolute Gasteiger partial charge is 0.387 e. The highest BCUT2D eigenvalue weighted by molar-refractivity contribution is 7.89. The molecule has 1 unspecified atom stereocenters. The van der Waals surface area contributed by atoms with Crippen molar-refractivity contribution in [1.29, 1.82) is 5.26 Å². The van der Waals surface area contributed by atoms with E-state index in [1.165, 1.54) is 11.3 Å². The number of nitriles is 1. The number of hydrogen-bond acceptors (Lipinski definition) is 8. The molecular formula is C21H20N4O4S2. The van der Waals surface area contributed by atoms with Gasteiger partial charge in [0.2, 0.25) is 10.0 Å². The number of carbonyl (C=O) groups is 1. The molecule has 0 fully saturated rings. The normalized spacial score (nSPS) is 12.1. The van der Waals surface area contributed by atoms with Crippen molar-refractivity contribution in [3.63, 3.8) is 0 Å². The van der Waals surface area contributed by atoms with Gasteiger partial charge in [-0.3, -0.25) is 4.79 Å². The van der Waals surface area contributed by atoms with Gasteiger partial charge >= 0.3 is 0 Å². The van der Waals surface area contributed by atoms with Crippen LogP contribution in [-0.2, 0) is 10.0 Å². The van der Waals surface area contributed by atoms with E-state index in [9.17, 15) is 18.3 Å². The predicted molar refractivity (Wildman–Crippen MR) is 119 cm³/mol. The molecule has 0 spiro atoms. The minimum Gasteiger partial charge on any atom is -0.387 e. The van der Waals surface area contributed by atoms with Gasteiger partial charge in [-0.25, -0.2) is 18.1 Å². The van der Waals surface area contributed by atoms with Crippen molar-refractivity contribution in [2.45, 2.75) is 13.0 Å². The van der Waals surface area contributed by atoms with Gasteiger partial charge in [-0.15, -0.1) is 11.3 Å².